The topological polar surface area (TPSA) is 83.6 Å². The van der Waals surface area contributed by atoms with Gasteiger partial charge < -0.3 is 20.3 Å². The number of hydrogen-bond donors (Lipinski definition) is 2. The molecule has 1 aliphatic rings. The molecule has 0 aliphatic carbocycles. The summed E-state index contributed by atoms with van der Waals surface area (Å²) in [5.74, 6) is -0.108. The van der Waals surface area contributed by atoms with Gasteiger partial charge in [0, 0.05) is 24.8 Å². The predicted molar refractivity (Wildman–Crippen MR) is 115 cm³/mol. The quantitative estimate of drug-likeness (QED) is 0.765. The molecule has 156 valence electrons. The van der Waals surface area contributed by atoms with E-state index in [9.17, 15) is 9.59 Å². The Labute approximate surface area is 175 Å². The summed E-state index contributed by atoms with van der Waals surface area (Å²) in [4.78, 5) is 31.4. The van der Waals surface area contributed by atoms with Crippen molar-refractivity contribution in [2.75, 3.05) is 25.0 Å². The fourth-order valence-corrected chi connectivity index (χ4v) is 4.28. The number of benzene rings is 1. The lowest BCUT2D eigenvalue weighted by Crippen LogP contribution is -2.46. The molecule has 2 aromatic rings. The van der Waals surface area contributed by atoms with Gasteiger partial charge in [-0.2, -0.15) is 0 Å². The number of anilines is 2. The van der Waals surface area contributed by atoms with E-state index in [-0.39, 0.29) is 18.0 Å². The van der Waals surface area contributed by atoms with Crippen molar-refractivity contribution >= 4 is 34.2 Å². The minimum atomic E-state index is -0.280. The van der Waals surface area contributed by atoms with E-state index in [1.54, 1.807) is 11.8 Å². The fraction of sp³-hybridized carbons (Fsp3) is 0.476. The van der Waals surface area contributed by atoms with E-state index >= 15 is 0 Å². The molecule has 7 nitrogen and oxygen atoms in total. The molecule has 0 spiro atoms. The Morgan fingerprint density at radius 3 is 2.62 bits per heavy atom. The lowest BCUT2D eigenvalue weighted by molar-refractivity contribution is 0.0862. The number of piperidine rings is 1. The van der Waals surface area contributed by atoms with Gasteiger partial charge in [-0.25, -0.2) is 9.78 Å². The zero-order valence-corrected chi connectivity index (χ0v) is 18.2. The third-order valence-electron chi connectivity index (χ3n) is 4.98. The molecule has 8 heteroatoms. The Morgan fingerprint density at radius 1 is 1.24 bits per heavy atom. The number of rotatable bonds is 5. The highest BCUT2D eigenvalue weighted by Crippen LogP contribution is 2.28. The Bertz CT molecular complexity index is 888. The van der Waals surface area contributed by atoms with Gasteiger partial charge in [-0.15, -0.1) is 0 Å². The van der Waals surface area contributed by atoms with E-state index in [0.29, 0.717) is 35.4 Å². The molecular weight excluding hydrogens is 388 g/mol. The van der Waals surface area contributed by atoms with Crippen molar-refractivity contribution in [1.29, 1.82) is 0 Å². The van der Waals surface area contributed by atoms with Gasteiger partial charge in [0.15, 0.2) is 5.13 Å². The first kappa shape index (κ1) is 21.1. The van der Waals surface area contributed by atoms with E-state index in [1.165, 1.54) is 16.9 Å². The van der Waals surface area contributed by atoms with Crippen molar-refractivity contribution in [3.8, 4) is 0 Å². The van der Waals surface area contributed by atoms with Gasteiger partial charge in [0.2, 0.25) is 0 Å². The average molecular weight is 417 g/mol. The molecule has 0 saturated carbocycles. The summed E-state index contributed by atoms with van der Waals surface area (Å²) >= 11 is 1.36. The van der Waals surface area contributed by atoms with Gasteiger partial charge in [-0.3, -0.25) is 4.79 Å². The van der Waals surface area contributed by atoms with Crippen molar-refractivity contribution in [1.82, 2.24) is 15.2 Å². The van der Waals surface area contributed by atoms with Crippen molar-refractivity contribution < 1.29 is 14.3 Å². The zero-order valence-electron chi connectivity index (χ0n) is 17.4. The van der Waals surface area contributed by atoms with Crippen LogP contribution >= 0.6 is 11.3 Å². The number of amides is 2. The van der Waals surface area contributed by atoms with E-state index in [0.717, 1.165) is 24.1 Å². The molecule has 1 saturated heterocycles. The maximum atomic E-state index is 12.8. The Kier molecular flexibility index (Phi) is 6.74. The van der Waals surface area contributed by atoms with Gasteiger partial charge in [0.05, 0.1) is 12.3 Å². The summed E-state index contributed by atoms with van der Waals surface area (Å²) in [7, 11) is 0. The molecular formula is C21H28N4O3S. The predicted octanol–water partition coefficient (Wildman–Crippen LogP) is 4.16. The Morgan fingerprint density at radius 2 is 1.97 bits per heavy atom. The maximum absolute atomic E-state index is 12.8. The number of carbonyl (C=O) groups is 2. The monoisotopic (exact) mass is 416 g/mol. The van der Waals surface area contributed by atoms with Crippen LogP contribution in [-0.4, -0.2) is 47.6 Å². The van der Waals surface area contributed by atoms with Crippen LogP contribution in [0, 0.1) is 20.8 Å². The number of hydrogen-bond acceptors (Lipinski definition) is 6. The molecule has 1 aromatic heterocycles. The summed E-state index contributed by atoms with van der Waals surface area (Å²) in [6.07, 6.45) is 1.16. The lowest BCUT2D eigenvalue weighted by atomic mass is 10.1. The lowest BCUT2D eigenvalue weighted by Gasteiger charge is -2.31. The molecule has 0 radical (unpaired) electrons. The molecule has 1 aromatic carbocycles. The molecule has 2 heterocycles. The van der Waals surface area contributed by atoms with Crippen LogP contribution in [0.15, 0.2) is 18.2 Å². The Hall–Kier alpha value is -2.61. The van der Waals surface area contributed by atoms with Crippen molar-refractivity contribution in [2.24, 2.45) is 0 Å². The first-order chi connectivity index (χ1) is 13.9. The van der Waals surface area contributed by atoms with E-state index < -0.39 is 0 Å². The third kappa shape index (κ3) is 5.26. The highest BCUT2D eigenvalue weighted by molar-refractivity contribution is 7.17. The summed E-state index contributed by atoms with van der Waals surface area (Å²) in [6, 6.07) is 6.23. The highest BCUT2D eigenvalue weighted by atomic mass is 32.1. The van der Waals surface area contributed by atoms with Crippen LogP contribution in [0.25, 0.3) is 0 Å². The zero-order chi connectivity index (χ0) is 21.0. The molecule has 2 N–H and O–H groups in total. The smallest absolute Gasteiger partial charge is 0.409 e. The van der Waals surface area contributed by atoms with Crippen LogP contribution in [0.1, 0.15) is 46.3 Å². The standard InChI is InChI=1S/C21H28N4O3S/c1-5-28-21(27)25-10-8-16(9-11-25)23-19(26)18-15(4)22-20(29-18)24-17-7-6-13(2)12-14(17)3/h6-7,12,16H,5,8-11H2,1-4H3,(H,22,24)(H,23,26). The molecule has 29 heavy (non-hydrogen) atoms. The number of thiazole rings is 1. The minimum absolute atomic E-state index is 0.0467. The van der Waals surface area contributed by atoms with Crippen molar-refractivity contribution in [2.45, 2.75) is 46.6 Å². The van der Waals surface area contributed by atoms with E-state index in [4.69, 9.17) is 4.74 Å². The molecule has 3 rings (SSSR count). The molecule has 0 bridgehead atoms. The van der Waals surface area contributed by atoms with Crippen molar-refractivity contribution in [3.05, 3.63) is 39.9 Å². The summed E-state index contributed by atoms with van der Waals surface area (Å²) in [5, 5.41) is 7.11. The summed E-state index contributed by atoms with van der Waals surface area (Å²) in [5.41, 5.74) is 4.04. The fourth-order valence-electron chi connectivity index (χ4n) is 3.40. The van der Waals surface area contributed by atoms with Crippen molar-refractivity contribution in [3.63, 3.8) is 0 Å². The minimum Gasteiger partial charge on any atom is -0.450 e. The van der Waals surface area contributed by atoms with Crippen LogP contribution in [-0.2, 0) is 4.74 Å². The van der Waals surface area contributed by atoms with E-state index in [2.05, 4.69) is 28.6 Å². The number of carbonyl (C=O) groups excluding carboxylic acids is 2. The molecule has 0 atom stereocenters. The molecule has 1 fully saturated rings. The van der Waals surface area contributed by atoms with Crippen LogP contribution in [0.3, 0.4) is 0 Å². The number of aryl methyl sites for hydroxylation is 3. The first-order valence-corrected chi connectivity index (χ1v) is 10.7. The number of ether oxygens (including phenoxy) is 1. The van der Waals surface area contributed by atoms with Gasteiger partial charge >= 0.3 is 6.09 Å². The molecule has 1 aliphatic heterocycles. The third-order valence-corrected chi connectivity index (χ3v) is 6.05. The SMILES string of the molecule is CCOC(=O)N1CCC(NC(=O)c2sc(Nc3ccc(C)cc3C)nc2C)CC1. The molecule has 0 unspecified atom stereocenters. The number of nitrogens with one attached hydrogen (secondary N) is 2. The second-order valence-corrected chi connectivity index (χ2v) is 8.31. The second-order valence-electron chi connectivity index (χ2n) is 7.31. The summed E-state index contributed by atoms with van der Waals surface area (Å²) < 4.78 is 5.04. The second kappa shape index (κ2) is 9.26. The van der Waals surface area contributed by atoms with Gasteiger partial charge in [-0.05, 0) is 52.2 Å². The number of likely N-dealkylation sites (tertiary alicyclic amines) is 1. The van der Waals surface area contributed by atoms with Crippen LogP contribution in [0.5, 0.6) is 0 Å². The normalized spacial score (nSPS) is 14.6. The van der Waals surface area contributed by atoms with E-state index in [1.807, 2.05) is 26.0 Å². The van der Waals surface area contributed by atoms with Gasteiger partial charge in [-0.1, -0.05) is 29.0 Å². The average Bonchev–Trinajstić information content (AvgIpc) is 3.05. The van der Waals surface area contributed by atoms with Gasteiger partial charge in [0.1, 0.15) is 4.88 Å². The Balaban J connectivity index is 1.58. The summed E-state index contributed by atoms with van der Waals surface area (Å²) in [6.45, 7) is 9.30. The maximum Gasteiger partial charge on any atom is 0.409 e. The molecule has 2 amide bonds. The van der Waals surface area contributed by atoms with Gasteiger partial charge in [0.25, 0.3) is 5.91 Å². The van der Waals surface area contributed by atoms with Crippen LogP contribution in [0.2, 0.25) is 0 Å². The highest BCUT2D eigenvalue weighted by Gasteiger charge is 2.26. The number of aromatic nitrogens is 1. The van der Waals surface area contributed by atoms with Crippen LogP contribution in [0.4, 0.5) is 15.6 Å². The van der Waals surface area contributed by atoms with Crippen LogP contribution < -0.4 is 10.6 Å². The largest absolute Gasteiger partial charge is 0.450 e. The first-order valence-electron chi connectivity index (χ1n) is 9.91. The number of nitrogens with zero attached hydrogens (tertiary/aromatic N) is 2.